The second-order valence-electron chi connectivity index (χ2n) is 8.98. The van der Waals surface area contributed by atoms with Crippen molar-refractivity contribution in [1.82, 2.24) is 14.9 Å². The van der Waals surface area contributed by atoms with Crippen molar-refractivity contribution < 1.29 is 9.53 Å². The fraction of sp³-hybridized carbons (Fsp3) is 0.259. The fourth-order valence-corrected chi connectivity index (χ4v) is 4.11. The molecule has 170 valence electrons. The number of nitrogens with one attached hydrogen (secondary N) is 1. The van der Waals surface area contributed by atoms with Crippen LogP contribution in [0.2, 0.25) is 0 Å². The molecule has 0 fully saturated rings. The van der Waals surface area contributed by atoms with Crippen LogP contribution >= 0.6 is 15.9 Å². The number of para-hydroxylation sites is 2. The third-order valence-corrected chi connectivity index (χ3v) is 6.02. The van der Waals surface area contributed by atoms with Crippen LogP contribution in [0.1, 0.15) is 42.5 Å². The highest BCUT2D eigenvalue weighted by molar-refractivity contribution is 9.10. The molecule has 6 heteroatoms. The zero-order valence-electron chi connectivity index (χ0n) is 19.1. The summed E-state index contributed by atoms with van der Waals surface area (Å²) in [5, 5.41) is 2.99. The molecule has 0 saturated heterocycles. The number of halogens is 1. The van der Waals surface area contributed by atoms with Crippen LogP contribution in [0.3, 0.4) is 0 Å². The van der Waals surface area contributed by atoms with Gasteiger partial charge in [-0.25, -0.2) is 4.98 Å². The molecule has 4 rings (SSSR count). The highest BCUT2D eigenvalue weighted by Crippen LogP contribution is 2.24. The summed E-state index contributed by atoms with van der Waals surface area (Å²) < 4.78 is 9.00. The number of aromatic nitrogens is 2. The van der Waals surface area contributed by atoms with Crippen LogP contribution in [-0.4, -0.2) is 22.1 Å². The van der Waals surface area contributed by atoms with Crippen LogP contribution in [0.25, 0.3) is 11.0 Å². The summed E-state index contributed by atoms with van der Waals surface area (Å²) in [4.78, 5) is 17.3. The van der Waals surface area contributed by atoms with Crippen LogP contribution in [0.15, 0.2) is 77.3 Å². The Morgan fingerprint density at radius 3 is 2.52 bits per heavy atom. The molecule has 1 N–H and O–H groups in total. The molecule has 0 bridgehead atoms. The zero-order chi connectivity index (χ0) is 23.4. The molecule has 0 spiro atoms. The molecule has 5 nitrogen and oxygen atoms in total. The fourth-order valence-electron chi connectivity index (χ4n) is 3.71. The van der Waals surface area contributed by atoms with Gasteiger partial charge in [0.1, 0.15) is 18.2 Å². The monoisotopic (exact) mass is 505 g/mol. The molecule has 0 aliphatic carbocycles. The molecule has 1 heterocycles. The summed E-state index contributed by atoms with van der Waals surface area (Å²) in [7, 11) is 0. The van der Waals surface area contributed by atoms with E-state index in [4.69, 9.17) is 9.72 Å². The molecule has 4 aromatic rings. The SMILES string of the molecule is CC(C)(C)c1ccc(OCCn2c(CNC(=O)c3cccc(Br)c3)nc3ccccc32)cc1. The first-order valence-corrected chi connectivity index (χ1v) is 11.8. The largest absolute Gasteiger partial charge is 0.492 e. The average molecular weight is 506 g/mol. The third-order valence-electron chi connectivity index (χ3n) is 5.53. The number of hydrogen-bond donors (Lipinski definition) is 1. The molecule has 0 aliphatic heterocycles. The normalized spacial score (nSPS) is 11.5. The summed E-state index contributed by atoms with van der Waals surface area (Å²) in [6, 6.07) is 23.6. The topological polar surface area (TPSA) is 56.1 Å². The van der Waals surface area contributed by atoms with Gasteiger partial charge in [-0.2, -0.15) is 0 Å². The zero-order valence-corrected chi connectivity index (χ0v) is 20.7. The van der Waals surface area contributed by atoms with E-state index < -0.39 is 0 Å². The Morgan fingerprint density at radius 1 is 1.03 bits per heavy atom. The number of fused-ring (bicyclic) bond motifs is 1. The second-order valence-corrected chi connectivity index (χ2v) is 9.90. The first-order chi connectivity index (χ1) is 15.8. The van der Waals surface area contributed by atoms with E-state index in [-0.39, 0.29) is 11.3 Å². The van der Waals surface area contributed by atoms with E-state index in [1.807, 2.05) is 48.5 Å². The number of ether oxygens (including phenoxy) is 1. The molecular formula is C27H28BrN3O2. The standard InChI is InChI=1S/C27H28BrN3O2/c1-27(2,3)20-11-13-22(14-12-20)33-16-15-31-24-10-5-4-9-23(24)30-25(31)18-29-26(32)19-7-6-8-21(28)17-19/h4-14,17H,15-16,18H2,1-3H3,(H,29,32). The van der Waals surface area contributed by atoms with Gasteiger partial charge in [0.05, 0.1) is 24.1 Å². The summed E-state index contributed by atoms with van der Waals surface area (Å²) in [6.45, 7) is 8.06. The van der Waals surface area contributed by atoms with Gasteiger partial charge in [-0.1, -0.05) is 67.0 Å². The lowest BCUT2D eigenvalue weighted by atomic mass is 9.87. The Balaban J connectivity index is 1.45. The van der Waals surface area contributed by atoms with Crippen molar-refractivity contribution in [2.24, 2.45) is 0 Å². The summed E-state index contributed by atoms with van der Waals surface area (Å²) >= 11 is 3.41. The van der Waals surface area contributed by atoms with Gasteiger partial charge in [-0.05, 0) is 53.4 Å². The van der Waals surface area contributed by atoms with Gasteiger partial charge in [-0.3, -0.25) is 4.79 Å². The maximum absolute atomic E-state index is 12.6. The molecule has 0 unspecified atom stereocenters. The van der Waals surface area contributed by atoms with E-state index in [9.17, 15) is 4.79 Å². The quantitative estimate of drug-likeness (QED) is 0.329. The highest BCUT2D eigenvalue weighted by atomic mass is 79.9. The molecular weight excluding hydrogens is 478 g/mol. The van der Waals surface area contributed by atoms with Gasteiger partial charge in [0.2, 0.25) is 0 Å². The Hall–Kier alpha value is -3.12. The first kappa shape index (κ1) is 23.1. The van der Waals surface area contributed by atoms with Crippen LogP contribution < -0.4 is 10.1 Å². The van der Waals surface area contributed by atoms with E-state index in [0.29, 0.717) is 25.3 Å². The number of amides is 1. The highest BCUT2D eigenvalue weighted by Gasteiger charge is 2.14. The number of carbonyl (C=O) groups excluding carboxylic acids is 1. The van der Waals surface area contributed by atoms with Crippen LogP contribution in [0.5, 0.6) is 5.75 Å². The minimum Gasteiger partial charge on any atom is -0.492 e. The van der Waals surface area contributed by atoms with Crippen molar-refractivity contribution in [2.75, 3.05) is 6.61 Å². The molecule has 0 aliphatic rings. The average Bonchev–Trinajstić information content (AvgIpc) is 3.15. The van der Waals surface area contributed by atoms with Gasteiger partial charge in [0, 0.05) is 10.0 Å². The number of benzene rings is 3. The number of imidazole rings is 1. The number of carbonyl (C=O) groups is 1. The minimum absolute atomic E-state index is 0.115. The van der Waals surface area contributed by atoms with Crippen LogP contribution in [0, 0.1) is 0 Å². The molecule has 1 aromatic heterocycles. The molecule has 33 heavy (non-hydrogen) atoms. The van der Waals surface area contributed by atoms with E-state index in [1.54, 1.807) is 12.1 Å². The Bertz CT molecular complexity index is 1260. The Labute approximate surface area is 202 Å². The lowest BCUT2D eigenvalue weighted by molar-refractivity contribution is 0.0949. The van der Waals surface area contributed by atoms with Gasteiger partial charge >= 0.3 is 0 Å². The van der Waals surface area contributed by atoms with E-state index in [1.165, 1.54) is 5.56 Å². The third kappa shape index (κ3) is 5.63. The lowest BCUT2D eigenvalue weighted by Gasteiger charge is -2.19. The van der Waals surface area contributed by atoms with Gasteiger partial charge in [-0.15, -0.1) is 0 Å². The van der Waals surface area contributed by atoms with Gasteiger partial charge < -0.3 is 14.6 Å². The van der Waals surface area contributed by atoms with E-state index in [2.05, 4.69) is 58.7 Å². The Morgan fingerprint density at radius 2 is 1.79 bits per heavy atom. The predicted molar refractivity (Wildman–Crippen MR) is 136 cm³/mol. The van der Waals surface area contributed by atoms with Crippen LogP contribution in [-0.2, 0) is 18.5 Å². The maximum Gasteiger partial charge on any atom is 0.251 e. The number of hydrogen-bond acceptors (Lipinski definition) is 3. The summed E-state index contributed by atoms with van der Waals surface area (Å²) in [6.07, 6.45) is 0. The van der Waals surface area contributed by atoms with Gasteiger partial charge in [0.15, 0.2) is 0 Å². The number of rotatable bonds is 7. The molecule has 1 amide bonds. The lowest BCUT2D eigenvalue weighted by Crippen LogP contribution is -2.25. The van der Waals surface area contributed by atoms with Crippen molar-refractivity contribution in [3.63, 3.8) is 0 Å². The molecule has 0 radical (unpaired) electrons. The first-order valence-electron chi connectivity index (χ1n) is 11.0. The van der Waals surface area contributed by atoms with Gasteiger partial charge in [0.25, 0.3) is 5.91 Å². The predicted octanol–water partition coefficient (Wildman–Crippen LogP) is 6.11. The Kier molecular flexibility index (Phi) is 6.84. The van der Waals surface area contributed by atoms with Crippen LogP contribution in [0.4, 0.5) is 0 Å². The summed E-state index contributed by atoms with van der Waals surface area (Å²) in [5.41, 5.74) is 3.92. The second kappa shape index (κ2) is 9.79. The van der Waals surface area contributed by atoms with Crippen molar-refractivity contribution >= 4 is 32.9 Å². The van der Waals surface area contributed by atoms with Crippen molar-refractivity contribution in [2.45, 2.75) is 39.3 Å². The number of nitrogens with zero attached hydrogens (tertiary/aromatic N) is 2. The molecule has 0 atom stereocenters. The maximum atomic E-state index is 12.6. The van der Waals surface area contributed by atoms with Crippen molar-refractivity contribution in [3.8, 4) is 5.75 Å². The molecule has 3 aromatic carbocycles. The molecule has 0 saturated carbocycles. The smallest absolute Gasteiger partial charge is 0.251 e. The van der Waals surface area contributed by atoms with Crippen molar-refractivity contribution in [3.05, 3.63) is 94.2 Å². The van der Waals surface area contributed by atoms with E-state index >= 15 is 0 Å². The van der Waals surface area contributed by atoms with Crippen molar-refractivity contribution in [1.29, 1.82) is 0 Å². The van der Waals surface area contributed by atoms with E-state index in [0.717, 1.165) is 27.1 Å². The minimum atomic E-state index is -0.134. The summed E-state index contributed by atoms with van der Waals surface area (Å²) in [5.74, 6) is 1.51.